The third-order valence-electron chi connectivity index (χ3n) is 4.53. The number of rotatable bonds is 7. The van der Waals surface area contributed by atoms with Gasteiger partial charge in [-0.15, -0.1) is 0 Å². The van der Waals surface area contributed by atoms with Crippen molar-refractivity contribution in [3.63, 3.8) is 0 Å². The van der Waals surface area contributed by atoms with E-state index in [0.29, 0.717) is 18.9 Å². The van der Waals surface area contributed by atoms with Crippen molar-refractivity contribution in [2.75, 3.05) is 27.3 Å². The molecule has 0 radical (unpaired) electrons. The van der Waals surface area contributed by atoms with Gasteiger partial charge < -0.3 is 14.4 Å². The van der Waals surface area contributed by atoms with Crippen LogP contribution in [0.4, 0.5) is 0 Å². The molecule has 142 valence electrons. The van der Waals surface area contributed by atoms with Crippen LogP contribution >= 0.6 is 0 Å². The van der Waals surface area contributed by atoms with Gasteiger partial charge in [-0.25, -0.2) is 4.79 Å². The molecule has 0 aliphatic rings. The summed E-state index contributed by atoms with van der Waals surface area (Å²) in [6, 6.07) is 14.7. The lowest BCUT2D eigenvalue weighted by Gasteiger charge is -2.18. The van der Waals surface area contributed by atoms with Gasteiger partial charge in [0.2, 0.25) is 5.91 Å². The van der Waals surface area contributed by atoms with Crippen LogP contribution in [0.2, 0.25) is 0 Å². The summed E-state index contributed by atoms with van der Waals surface area (Å²) in [7, 11) is 5.02. The summed E-state index contributed by atoms with van der Waals surface area (Å²) in [5.41, 5.74) is 1.36. The number of hydrogen-bond donors (Lipinski definition) is 0. The van der Waals surface area contributed by atoms with E-state index in [4.69, 9.17) is 9.47 Å². The largest absolute Gasteiger partial charge is 0.497 e. The van der Waals surface area contributed by atoms with Gasteiger partial charge in [0.15, 0.2) is 0 Å². The molecule has 27 heavy (non-hydrogen) atoms. The van der Waals surface area contributed by atoms with Gasteiger partial charge in [0.1, 0.15) is 24.7 Å². The molecule has 2 aromatic carbocycles. The molecule has 3 aromatic rings. The molecule has 1 aromatic heterocycles. The molecule has 1 heterocycles. The van der Waals surface area contributed by atoms with Crippen LogP contribution in [0.15, 0.2) is 53.3 Å². The molecule has 3 rings (SSSR count). The maximum absolute atomic E-state index is 12.5. The van der Waals surface area contributed by atoms with Crippen molar-refractivity contribution in [2.24, 2.45) is 7.05 Å². The molecule has 7 nitrogen and oxygen atoms in total. The lowest BCUT2D eigenvalue weighted by atomic mass is 10.3. The Hall–Kier alpha value is -3.22. The summed E-state index contributed by atoms with van der Waals surface area (Å²) >= 11 is 0. The second-order valence-corrected chi connectivity index (χ2v) is 6.26. The third kappa shape index (κ3) is 3.97. The second kappa shape index (κ2) is 7.99. The Kier molecular flexibility index (Phi) is 5.49. The van der Waals surface area contributed by atoms with Crippen molar-refractivity contribution >= 4 is 16.9 Å². The molecule has 0 bridgehead atoms. The first-order valence-corrected chi connectivity index (χ1v) is 8.66. The molecular weight excluding hydrogens is 346 g/mol. The van der Waals surface area contributed by atoms with Gasteiger partial charge in [-0.1, -0.05) is 12.1 Å². The van der Waals surface area contributed by atoms with E-state index < -0.39 is 0 Å². The zero-order chi connectivity index (χ0) is 19.4. The van der Waals surface area contributed by atoms with E-state index in [1.165, 1.54) is 4.57 Å². The maximum atomic E-state index is 12.5. The van der Waals surface area contributed by atoms with Crippen LogP contribution < -0.4 is 15.2 Å². The summed E-state index contributed by atoms with van der Waals surface area (Å²) in [5.74, 6) is 1.32. The molecular formula is C20H23N3O4. The molecule has 1 amide bonds. The Labute approximate surface area is 157 Å². The fourth-order valence-electron chi connectivity index (χ4n) is 2.87. The number of aryl methyl sites for hydroxylation is 1. The number of benzene rings is 2. The lowest BCUT2D eigenvalue weighted by molar-refractivity contribution is -0.130. The predicted octanol–water partition coefficient (Wildman–Crippen LogP) is 1.89. The number of nitrogens with zero attached hydrogens (tertiary/aromatic N) is 3. The zero-order valence-corrected chi connectivity index (χ0v) is 15.7. The molecule has 0 aliphatic heterocycles. The van der Waals surface area contributed by atoms with Crippen LogP contribution in [-0.2, 0) is 18.4 Å². The van der Waals surface area contributed by atoms with Crippen LogP contribution in [0.5, 0.6) is 11.5 Å². The van der Waals surface area contributed by atoms with E-state index in [-0.39, 0.29) is 18.1 Å². The fraction of sp³-hybridized carbons (Fsp3) is 0.300. The molecule has 0 fully saturated rings. The van der Waals surface area contributed by atoms with Crippen LogP contribution in [0, 0.1) is 0 Å². The number of carbonyl (C=O) groups is 1. The monoisotopic (exact) mass is 369 g/mol. The minimum atomic E-state index is -0.201. The molecule has 0 spiro atoms. The van der Waals surface area contributed by atoms with Crippen LogP contribution in [-0.4, -0.2) is 47.3 Å². The van der Waals surface area contributed by atoms with E-state index in [2.05, 4.69) is 0 Å². The SMILES string of the molecule is COc1ccc(OCCN(C)C(=O)Cn2c(=O)n(C)c3ccccc32)cc1. The van der Waals surface area contributed by atoms with Gasteiger partial charge in [-0.05, 0) is 36.4 Å². The number of amides is 1. The van der Waals surface area contributed by atoms with Gasteiger partial charge >= 0.3 is 5.69 Å². The number of imidazole rings is 1. The number of methoxy groups -OCH3 is 1. The minimum Gasteiger partial charge on any atom is -0.497 e. The molecule has 0 saturated heterocycles. The topological polar surface area (TPSA) is 65.7 Å². The number of fused-ring (bicyclic) bond motifs is 1. The van der Waals surface area contributed by atoms with Crippen LogP contribution in [0.3, 0.4) is 0 Å². The molecule has 0 unspecified atom stereocenters. The number of carbonyl (C=O) groups excluding carboxylic acids is 1. The number of hydrogen-bond acceptors (Lipinski definition) is 4. The Morgan fingerprint density at radius 3 is 2.33 bits per heavy atom. The smallest absolute Gasteiger partial charge is 0.329 e. The van der Waals surface area contributed by atoms with E-state index in [9.17, 15) is 9.59 Å². The summed E-state index contributed by atoms with van der Waals surface area (Å²) < 4.78 is 13.8. The predicted molar refractivity (Wildman–Crippen MR) is 103 cm³/mol. The fourth-order valence-corrected chi connectivity index (χ4v) is 2.87. The van der Waals surface area contributed by atoms with Gasteiger partial charge in [0.25, 0.3) is 0 Å². The highest BCUT2D eigenvalue weighted by Crippen LogP contribution is 2.17. The lowest BCUT2D eigenvalue weighted by Crippen LogP contribution is -2.36. The number of aromatic nitrogens is 2. The van der Waals surface area contributed by atoms with Crippen molar-refractivity contribution in [1.82, 2.24) is 14.0 Å². The number of para-hydroxylation sites is 2. The summed E-state index contributed by atoms with van der Waals surface area (Å²) in [5, 5.41) is 0. The van der Waals surface area contributed by atoms with Gasteiger partial charge in [0, 0.05) is 14.1 Å². The van der Waals surface area contributed by atoms with Crippen molar-refractivity contribution < 1.29 is 14.3 Å². The summed E-state index contributed by atoms with van der Waals surface area (Å²) in [6.45, 7) is 0.780. The quantitative estimate of drug-likeness (QED) is 0.638. The van der Waals surface area contributed by atoms with Crippen LogP contribution in [0.1, 0.15) is 0 Å². The minimum absolute atomic E-state index is 0.000771. The number of ether oxygens (including phenoxy) is 2. The highest BCUT2D eigenvalue weighted by atomic mass is 16.5. The van der Waals surface area contributed by atoms with E-state index in [1.807, 2.05) is 48.5 Å². The summed E-state index contributed by atoms with van der Waals surface area (Å²) in [4.78, 5) is 26.5. The Morgan fingerprint density at radius 2 is 1.67 bits per heavy atom. The van der Waals surface area contributed by atoms with Gasteiger partial charge in [0.05, 0.1) is 24.7 Å². The summed E-state index contributed by atoms with van der Waals surface area (Å²) in [6.07, 6.45) is 0. The Morgan fingerprint density at radius 1 is 1.04 bits per heavy atom. The van der Waals surface area contributed by atoms with Crippen molar-refractivity contribution in [1.29, 1.82) is 0 Å². The van der Waals surface area contributed by atoms with Gasteiger partial charge in [-0.3, -0.25) is 13.9 Å². The first kappa shape index (κ1) is 18.6. The Balaban J connectivity index is 1.59. The van der Waals surface area contributed by atoms with Crippen molar-refractivity contribution in [3.8, 4) is 11.5 Å². The van der Waals surface area contributed by atoms with Gasteiger partial charge in [-0.2, -0.15) is 0 Å². The van der Waals surface area contributed by atoms with E-state index >= 15 is 0 Å². The van der Waals surface area contributed by atoms with E-state index in [0.717, 1.165) is 16.8 Å². The Bertz CT molecular complexity index is 989. The zero-order valence-electron chi connectivity index (χ0n) is 15.7. The molecule has 0 atom stereocenters. The molecule has 0 N–H and O–H groups in total. The van der Waals surface area contributed by atoms with Crippen molar-refractivity contribution in [2.45, 2.75) is 6.54 Å². The van der Waals surface area contributed by atoms with Crippen molar-refractivity contribution in [3.05, 3.63) is 59.0 Å². The maximum Gasteiger partial charge on any atom is 0.329 e. The standard InChI is InChI=1S/C20H23N3O4/c1-21(12-13-27-16-10-8-15(26-3)9-11-16)19(24)14-23-18-7-5-4-6-17(18)22(2)20(23)25/h4-11H,12-14H2,1-3H3. The van der Waals surface area contributed by atoms with Crippen LogP contribution in [0.25, 0.3) is 11.0 Å². The number of likely N-dealkylation sites (N-methyl/N-ethyl adjacent to an activating group) is 1. The second-order valence-electron chi connectivity index (χ2n) is 6.26. The average Bonchev–Trinajstić information content (AvgIpc) is 2.93. The van der Waals surface area contributed by atoms with E-state index in [1.54, 1.807) is 30.7 Å². The highest BCUT2D eigenvalue weighted by Gasteiger charge is 2.15. The third-order valence-corrected chi connectivity index (χ3v) is 4.53. The highest BCUT2D eigenvalue weighted by molar-refractivity contribution is 5.80. The first-order valence-electron chi connectivity index (χ1n) is 8.66. The normalized spacial score (nSPS) is 10.8. The molecule has 0 aliphatic carbocycles. The molecule has 0 saturated carbocycles. The molecule has 7 heteroatoms. The first-order chi connectivity index (χ1) is 13.0. The average molecular weight is 369 g/mol.